The molecule has 0 saturated heterocycles. The van der Waals surface area contributed by atoms with Crippen molar-refractivity contribution in [2.24, 2.45) is 0 Å². The number of hydrogen-bond acceptors (Lipinski definition) is 8. The summed E-state index contributed by atoms with van der Waals surface area (Å²) in [4.78, 5) is 76.5. The summed E-state index contributed by atoms with van der Waals surface area (Å²) in [6.07, 6.45) is 33.1. The molecular weight excluding hydrogens is 789 g/mol. The summed E-state index contributed by atoms with van der Waals surface area (Å²) in [7, 11) is 0. The third kappa shape index (κ3) is 38.5. The van der Waals surface area contributed by atoms with E-state index >= 15 is 0 Å². The molecule has 0 radical (unpaired) electrons. The number of esters is 2. The van der Waals surface area contributed by atoms with E-state index in [1.165, 1.54) is 109 Å². The number of amides is 2. The molecule has 0 aliphatic heterocycles. The number of carboxylic acids is 2. The predicted octanol–water partition coefficient (Wildman–Crippen LogP) is 12.0. The largest absolute Gasteiger partial charge is 0.481 e. The lowest BCUT2D eigenvalue weighted by molar-refractivity contribution is -0.150. The molecule has 0 bridgehead atoms. The molecule has 0 spiro atoms. The summed E-state index contributed by atoms with van der Waals surface area (Å²) < 4.78 is 11.4. The van der Waals surface area contributed by atoms with E-state index in [4.69, 9.17) is 14.6 Å². The average Bonchev–Trinajstić information content (AvgIpc) is 3.23. The highest BCUT2D eigenvalue weighted by Gasteiger charge is 2.24. The van der Waals surface area contributed by atoms with Gasteiger partial charge in [-0.15, -0.1) is 0 Å². The number of carbonyl (C=O) groups is 6. The summed E-state index contributed by atoms with van der Waals surface area (Å²) in [6, 6.07) is 0. The molecule has 0 atom stereocenters. The molecule has 0 unspecified atom stereocenters. The Labute approximate surface area is 377 Å². The van der Waals surface area contributed by atoms with Gasteiger partial charge in [-0.1, -0.05) is 162 Å². The zero-order valence-corrected chi connectivity index (χ0v) is 39.9. The van der Waals surface area contributed by atoms with Crippen molar-refractivity contribution in [2.45, 2.75) is 252 Å². The zero-order chi connectivity index (χ0) is 45.9. The van der Waals surface area contributed by atoms with E-state index < -0.39 is 49.7 Å². The summed E-state index contributed by atoms with van der Waals surface area (Å²) >= 11 is 0. The molecule has 2 N–H and O–H groups in total. The topological polar surface area (TPSA) is 168 Å². The van der Waals surface area contributed by atoms with Gasteiger partial charge in [0, 0.05) is 32.4 Å². The van der Waals surface area contributed by atoms with Gasteiger partial charge in [-0.25, -0.2) is 0 Å². The van der Waals surface area contributed by atoms with Gasteiger partial charge in [-0.3, -0.25) is 28.8 Å². The van der Waals surface area contributed by atoms with Crippen molar-refractivity contribution in [2.75, 3.05) is 32.8 Å². The van der Waals surface area contributed by atoms with Crippen molar-refractivity contribution < 1.29 is 48.5 Å². The first kappa shape index (κ1) is 58.8. The Kier molecular flexibility index (Phi) is 40.9. The molecule has 0 aromatic rings. The summed E-state index contributed by atoms with van der Waals surface area (Å²) in [5, 5.41) is 18.4. The fraction of sp³-hybridized carbons (Fsp3) is 0.880. The van der Waals surface area contributed by atoms with Gasteiger partial charge in [-0.05, 0) is 57.8 Å². The SMILES string of the molecule is CCCCCCCCCCCOC(=O)CCCCCN(CCCCCCCC(=O)OC(CCCCCCCC)CCCCCCCC)C(=O)CN(CC(=O)O)C(=O)CCC(=O)O. The quantitative estimate of drug-likeness (QED) is 0.0443. The van der Waals surface area contributed by atoms with Gasteiger partial charge in [-0.2, -0.15) is 0 Å². The highest BCUT2D eigenvalue weighted by molar-refractivity contribution is 5.88. The first-order valence-corrected chi connectivity index (χ1v) is 25.4. The molecule has 0 aromatic carbocycles. The maximum Gasteiger partial charge on any atom is 0.323 e. The first-order chi connectivity index (χ1) is 30.0. The van der Waals surface area contributed by atoms with E-state index in [1.807, 2.05) is 0 Å². The molecule has 0 rings (SSSR count). The van der Waals surface area contributed by atoms with Crippen LogP contribution in [0.25, 0.3) is 0 Å². The van der Waals surface area contributed by atoms with Crippen LogP contribution in [-0.4, -0.2) is 94.6 Å². The zero-order valence-electron chi connectivity index (χ0n) is 39.9. The molecule has 0 aromatic heterocycles. The number of nitrogens with zero attached hydrogens (tertiary/aromatic N) is 2. The maximum atomic E-state index is 13.5. The number of aliphatic carboxylic acids is 2. The lowest BCUT2D eigenvalue weighted by atomic mass is 10.0. The van der Waals surface area contributed by atoms with Crippen LogP contribution in [0.3, 0.4) is 0 Å². The normalized spacial score (nSPS) is 11.2. The van der Waals surface area contributed by atoms with Gasteiger partial charge >= 0.3 is 23.9 Å². The molecule has 0 aliphatic carbocycles. The van der Waals surface area contributed by atoms with Crippen LogP contribution >= 0.6 is 0 Å². The maximum absolute atomic E-state index is 13.5. The van der Waals surface area contributed by atoms with E-state index in [2.05, 4.69) is 20.8 Å². The van der Waals surface area contributed by atoms with Gasteiger partial charge in [0.15, 0.2) is 0 Å². The lowest BCUT2D eigenvalue weighted by Gasteiger charge is -2.27. The third-order valence-electron chi connectivity index (χ3n) is 11.6. The molecule has 12 nitrogen and oxygen atoms in total. The summed E-state index contributed by atoms with van der Waals surface area (Å²) in [5.74, 6) is -3.88. The van der Waals surface area contributed by atoms with E-state index in [0.29, 0.717) is 58.2 Å². The summed E-state index contributed by atoms with van der Waals surface area (Å²) in [6.45, 7) is 6.78. The third-order valence-corrected chi connectivity index (χ3v) is 11.6. The van der Waals surface area contributed by atoms with Crippen LogP contribution in [0.5, 0.6) is 0 Å². The van der Waals surface area contributed by atoms with Crippen LogP contribution in [0.15, 0.2) is 0 Å². The lowest BCUT2D eigenvalue weighted by Crippen LogP contribution is -2.45. The van der Waals surface area contributed by atoms with Crippen molar-refractivity contribution in [3.63, 3.8) is 0 Å². The second kappa shape index (κ2) is 43.1. The Balaban J connectivity index is 4.91. The molecule has 0 aliphatic rings. The van der Waals surface area contributed by atoms with Crippen molar-refractivity contribution >= 4 is 35.7 Å². The highest BCUT2D eigenvalue weighted by atomic mass is 16.5. The fourth-order valence-corrected chi connectivity index (χ4v) is 7.73. The van der Waals surface area contributed by atoms with Crippen LogP contribution < -0.4 is 0 Å². The summed E-state index contributed by atoms with van der Waals surface area (Å²) in [5.41, 5.74) is 0. The van der Waals surface area contributed by atoms with Crippen LogP contribution in [0, 0.1) is 0 Å². The second-order valence-corrected chi connectivity index (χ2v) is 17.5. The van der Waals surface area contributed by atoms with Crippen LogP contribution in [0.4, 0.5) is 0 Å². The Bertz CT molecular complexity index is 1130. The van der Waals surface area contributed by atoms with Crippen LogP contribution in [0.1, 0.15) is 245 Å². The van der Waals surface area contributed by atoms with Gasteiger partial charge < -0.3 is 29.5 Å². The van der Waals surface area contributed by atoms with E-state index in [0.717, 1.165) is 69.1 Å². The monoisotopic (exact) mass is 881 g/mol. The van der Waals surface area contributed by atoms with Crippen LogP contribution in [-0.2, 0) is 38.2 Å². The van der Waals surface area contributed by atoms with Gasteiger partial charge in [0.05, 0.1) is 13.0 Å². The molecule has 0 fully saturated rings. The molecule has 0 saturated carbocycles. The minimum Gasteiger partial charge on any atom is -0.481 e. The first-order valence-electron chi connectivity index (χ1n) is 25.4. The van der Waals surface area contributed by atoms with E-state index in [9.17, 15) is 33.9 Å². The molecule has 0 heterocycles. The molecule has 2 amide bonds. The van der Waals surface area contributed by atoms with Gasteiger partial charge in [0.2, 0.25) is 11.8 Å². The Morgan fingerprint density at radius 2 is 0.823 bits per heavy atom. The Morgan fingerprint density at radius 1 is 0.403 bits per heavy atom. The van der Waals surface area contributed by atoms with Crippen molar-refractivity contribution in [1.29, 1.82) is 0 Å². The minimum atomic E-state index is -1.28. The number of unbranched alkanes of at least 4 members (excludes halogenated alkanes) is 24. The Hall–Kier alpha value is -3.18. The van der Waals surface area contributed by atoms with E-state index in [-0.39, 0.29) is 18.0 Å². The minimum absolute atomic E-state index is 0.00505. The molecule has 362 valence electrons. The molecule has 12 heteroatoms. The highest BCUT2D eigenvalue weighted by Crippen LogP contribution is 2.19. The smallest absolute Gasteiger partial charge is 0.323 e. The van der Waals surface area contributed by atoms with Crippen molar-refractivity contribution in [1.82, 2.24) is 9.80 Å². The van der Waals surface area contributed by atoms with Crippen LogP contribution in [0.2, 0.25) is 0 Å². The number of carbonyl (C=O) groups excluding carboxylic acids is 4. The fourth-order valence-electron chi connectivity index (χ4n) is 7.73. The van der Waals surface area contributed by atoms with Gasteiger partial charge in [0.1, 0.15) is 19.2 Å². The van der Waals surface area contributed by atoms with Gasteiger partial charge in [0.25, 0.3) is 0 Å². The number of carboxylic acid groups (broad SMARTS) is 2. The molecule has 62 heavy (non-hydrogen) atoms. The van der Waals surface area contributed by atoms with Crippen molar-refractivity contribution in [3.8, 4) is 0 Å². The standard InChI is InChI=1S/C50H92N2O10/c1-4-7-10-13-16-17-18-24-32-41-61-49(59)35-29-25-31-40-51(46(54)42-52(43-48(57)58)45(53)37-38-47(55)56)39-30-23-19-22-28-36-50(60)62-44(33-26-20-14-11-8-5-2)34-27-21-15-12-9-6-3/h44H,4-43H2,1-3H3,(H,55,56)(H,57,58). The second-order valence-electron chi connectivity index (χ2n) is 17.5. The Morgan fingerprint density at radius 3 is 1.31 bits per heavy atom. The number of ether oxygens (including phenoxy) is 2. The predicted molar refractivity (Wildman–Crippen MR) is 248 cm³/mol. The average molecular weight is 881 g/mol. The van der Waals surface area contributed by atoms with Crippen molar-refractivity contribution in [3.05, 3.63) is 0 Å². The number of hydrogen-bond donors (Lipinski definition) is 2. The number of rotatable bonds is 46. The molecular formula is C50H92N2O10. The van der Waals surface area contributed by atoms with E-state index in [1.54, 1.807) is 4.90 Å².